The van der Waals surface area contributed by atoms with Gasteiger partial charge in [-0.05, 0) is 56.2 Å². The third kappa shape index (κ3) is 5.87. The average Bonchev–Trinajstić information content (AvgIpc) is 3.27. The molecule has 0 bridgehead atoms. The van der Waals surface area contributed by atoms with Crippen LogP contribution in [-0.4, -0.2) is 39.3 Å². The minimum absolute atomic E-state index is 0.00109. The van der Waals surface area contributed by atoms with E-state index in [-0.39, 0.29) is 11.9 Å². The molecule has 1 atom stereocenters. The summed E-state index contributed by atoms with van der Waals surface area (Å²) in [5, 5.41) is 6.42. The van der Waals surface area contributed by atoms with Crippen LogP contribution in [0.4, 0.5) is 11.4 Å². The molecule has 0 spiro atoms. The fourth-order valence-electron chi connectivity index (χ4n) is 3.62. The number of rotatable bonds is 9. The Labute approximate surface area is 173 Å². The van der Waals surface area contributed by atoms with Crippen LogP contribution in [0.1, 0.15) is 31.7 Å². The number of nitrogens with one attached hydrogen (secondary N) is 2. The lowest BCUT2D eigenvalue weighted by molar-refractivity contribution is -0.116. The number of carbonyl (C=O) groups excluding carboxylic acids is 1. The lowest BCUT2D eigenvalue weighted by Gasteiger charge is -2.19. The highest BCUT2D eigenvalue weighted by Gasteiger charge is 2.14. The first-order valence-corrected chi connectivity index (χ1v) is 10.2. The second kappa shape index (κ2) is 10.2. The van der Waals surface area contributed by atoms with E-state index < -0.39 is 0 Å². The molecule has 2 aromatic carbocycles. The molecule has 6 heteroatoms. The molecule has 1 heterocycles. The van der Waals surface area contributed by atoms with Crippen LogP contribution in [0.15, 0.2) is 42.5 Å². The number of hydrogen-bond acceptors (Lipinski definition) is 5. The van der Waals surface area contributed by atoms with E-state index in [0.29, 0.717) is 13.0 Å². The quantitative estimate of drug-likeness (QED) is 0.674. The summed E-state index contributed by atoms with van der Waals surface area (Å²) >= 11 is 0. The molecule has 2 N–H and O–H groups in total. The molecule has 2 aromatic rings. The van der Waals surface area contributed by atoms with Gasteiger partial charge >= 0.3 is 0 Å². The van der Waals surface area contributed by atoms with Gasteiger partial charge in [0.25, 0.3) is 0 Å². The van der Waals surface area contributed by atoms with Crippen LogP contribution in [-0.2, 0) is 11.3 Å². The predicted molar refractivity (Wildman–Crippen MR) is 117 cm³/mol. The molecule has 0 saturated carbocycles. The van der Waals surface area contributed by atoms with Gasteiger partial charge in [0.15, 0.2) is 0 Å². The molecule has 0 radical (unpaired) electrons. The highest BCUT2D eigenvalue weighted by molar-refractivity contribution is 5.91. The van der Waals surface area contributed by atoms with E-state index in [0.717, 1.165) is 35.8 Å². The van der Waals surface area contributed by atoms with Crippen molar-refractivity contribution in [2.75, 3.05) is 37.5 Å². The van der Waals surface area contributed by atoms with Crippen LogP contribution in [0.25, 0.3) is 0 Å². The first-order chi connectivity index (χ1) is 14.1. The highest BCUT2D eigenvalue weighted by atomic mass is 16.5. The molecule has 1 unspecified atom stereocenters. The van der Waals surface area contributed by atoms with Crippen molar-refractivity contribution in [3.63, 3.8) is 0 Å². The third-order valence-electron chi connectivity index (χ3n) is 5.22. The number of amides is 1. The summed E-state index contributed by atoms with van der Waals surface area (Å²) in [6.45, 7) is 4.78. The number of carbonyl (C=O) groups is 1. The molecule has 0 aromatic heterocycles. The maximum Gasteiger partial charge on any atom is 0.225 e. The van der Waals surface area contributed by atoms with Crippen LogP contribution in [0.2, 0.25) is 0 Å². The molecular weight excluding hydrogens is 366 g/mol. The number of hydrogen-bond donors (Lipinski definition) is 2. The Morgan fingerprint density at radius 2 is 1.90 bits per heavy atom. The van der Waals surface area contributed by atoms with Crippen molar-refractivity contribution in [1.29, 1.82) is 0 Å². The second-order valence-corrected chi connectivity index (χ2v) is 7.46. The summed E-state index contributed by atoms with van der Waals surface area (Å²) in [4.78, 5) is 14.8. The molecule has 1 saturated heterocycles. The topological polar surface area (TPSA) is 62.8 Å². The normalized spacial score (nSPS) is 14.5. The monoisotopic (exact) mass is 397 g/mol. The van der Waals surface area contributed by atoms with Gasteiger partial charge in [-0.15, -0.1) is 0 Å². The van der Waals surface area contributed by atoms with Crippen molar-refractivity contribution in [2.24, 2.45) is 0 Å². The molecule has 1 aliphatic rings. The molecular formula is C23H31N3O3. The van der Waals surface area contributed by atoms with Gasteiger partial charge in [-0.25, -0.2) is 0 Å². The molecule has 29 heavy (non-hydrogen) atoms. The third-order valence-corrected chi connectivity index (χ3v) is 5.22. The molecule has 1 amide bonds. The van der Waals surface area contributed by atoms with Gasteiger partial charge in [0.2, 0.25) is 5.91 Å². The highest BCUT2D eigenvalue weighted by Crippen LogP contribution is 2.25. The Morgan fingerprint density at radius 1 is 1.10 bits per heavy atom. The van der Waals surface area contributed by atoms with Crippen LogP contribution < -0.4 is 25.0 Å². The number of methoxy groups -OCH3 is 2. The average molecular weight is 398 g/mol. The molecule has 0 aliphatic carbocycles. The molecule has 3 rings (SSSR count). The van der Waals surface area contributed by atoms with Crippen LogP contribution in [0.3, 0.4) is 0 Å². The predicted octanol–water partition coefficient (Wildman–Crippen LogP) is 3.81. The summed E-state index contributed by atoms with van der Waals surface area (Å²) in [6, 6.07) is 13.8. The fraction of sp³-hybridized carbons (Fsp3) is 0.435. The summed E-state index contributed by atoms with van der Waals surface area (Å²) < 4.78 is 10.7. The fourth-order valence-corrected chi connectivity index (χ4v) is 3.62. The number of nitrogens with zero attached hydrogens (tertiary/aromatic N) is 1. The Hall–Kier alpha value is -2.73. The van der Waals surface area contributed by atoms with Gasteiger partial charge in [0.05, 0.1) is 14.2 Å². The van der Waals surface area contributed by atoms with Crippen molar-refractivity contribution in [2.45, 2.75) is 38.8 Å². The summed E-state index contributed by atoms with van der Waals surface area (Å²) in [7, 11) is 3.29. The van der Waals surface area contributed by atoms with Crippen molar-refractivity contribution >= 4 is 17.3 Å². The van der Waals surface area contributed by atoms with Gasteiger partial charge in [-0.2, -0.15) is 0 Å². The standard InChI is InChI=1S/C23H31N3O3/c1-17(24-16-18-14-21(28-2)9-10-22(18)29-3)13-23(27)25-19-7-6-8-20(15-19)26-11-4-5-12-26/h6-10,14-15,17,24H,4-5,11-13,16H2,1-3H3,(H,25,27). The van der Waals surface area contributed by atoms with Crippen molar-refractivity contribution in [3.05, 3.63) is 48.0 Å². The van der Waals surface area contributed by atoms with Gasteiger partial charge in [-0.1, -0.05) is 6.07 Å². The van der Waals surface area contributed by atoms with E-state index in [1.165, 1.54) is 18.5 Å². The smallest absolute Gasteiger partial charge is 0.225 e. The van der Waals surface area contributed by atoms with Crippen LogP contribution >= 0.6 is 0 Å². The first-order valence-electron chi connectivity index (χ1n) is 10.2. The Balaban J connectivity index is 1.51. The summed E-state index contributed by atoms with van der Waals surface area (Å²) in [6.07, 6.45) is 2.86. The SMILES string of the molecule is COc1ccc(OC)c(CNC(C)CC(=O)Nc2cccc(N3CCCC3)c2)c1. The van der Waals surface area contributed by atoms with Gasteiger partial charge in [0.1, 0.15) is 11.5 Å². The maximum absolute atomic E-state index is 12.5. The van der Waals surface area contributed by atoms with Crippen LogP contribution in [0.5, 0.6) is 11.5 Å². The number of anilines is 2. The van der Waals surface area contributed by atoms with Gasteiger partial charge < -0.3 is 25.0 Å². The zero-order valence-electron chi connectivity index (χ0n) is 17.5. The summed E-state index contributed by atoms with van der Waals surface area (Å²) in [5.74, 6) is 1.58. The minimum Gasteiger partial charge on any atom is -0.497 e. The van der Waals surface area contributed by atoms with E-state index in [4.69, 9.17) is 9.47 Å². The molecule has 6 nitrogen and oxygen atoms in total. The Morgan fingerprint density at radius 3 is 2.62 bits per heavy atom. The maximum atomic E-state index is 12.5. The molecule has 156 valence electrons. The number of benzene rings is 2. The van der Waals surface area contributed by atoms with E-state index in [1.54, 1.807) is 14.2 Å². The van der Waals surface area contributed by atoms with E-state index in [2.05, 4.69) is 27.7 Å². The van der Waals surface area contributed by atoms with Gasteiger partial charge in [-0.3, -0.25) is 4.79 Å². The molecule has 1 aliphatic heterocycles. The summed E-state index contributed by atoms with van der Waals surface area (Å²) in [5.41, 5.74) is 3.02. The van der Waals surface area contributed by atoms with Crippen molar-refractivity contribution in [1.82, 2.24) is 5.32 Å². The minimum atomic E-state index is 0.00109. The largest absolute Gasteiger partial charge is 0.497 e. The van der Waals surface area contributed by atoms with E-state index in [1.807, 2.05) is 37.3 Å². The zero-order valence-corrected chi connectivity index (χ0v) is 17.5. The lowest BCUT2D eigenvalue weighted by Crippen LogP contribution is -2.30. The first kappa shape index (κ1) is 21.0. The number of ether oxygens (including phenoxy) is 2. The van der Waals surface area contributed by atoms with E-state index in [9.17, 15) is 4.79 Å². The lowest BCUT2D eigenvalue weighted by atomic mass is 10.1. The Bertz CT molecular complexity index is 819. The van der Waals surface area contributed by atoms with Gasteiger partial charge in [0, 0.05) is 49.0 Å². The molecule has 1 fully saturated rings. The Kier molecular flexibility index (Phi) is 7.36. The zero-order chi connectivity index (χ0) is 20.6. The van der Waals surface area contributed by atoms with Crippen molar-refractivity contribution < 1.29 is 14.3 Å². The second-order valence-electron chi connectivity index (χ2n) is 7.46. The van der Waals surface area contributed by atoms with Crippen LogP contribution in [0, 0.1) is 0 Å². The van der Waals surface area contributed by atoms with Crippen molar-refractivity contribution in [3.8, 4) is 11.5 Å². The van der Waals surface area contributed by atoms with E-state index >= 15 is 0 Å².